The summed E-state index contributed by atoms with van der Waals surface area (Å²) in [6.07, 6.45) is 2.13. The molecule has 0 spiro atoms. The van der Waals surface area contributed by atoms with Crippen LogP contribution in [0.3, 0.4) is 0 Å². The van der Waals surface area contributed by atoms with Crippen LogP contribution in [0.25, 0.3) is 0 Å². The third-order valence-corrected chi connectivity index (χ3v) is 4.63. The number of carbonyl (C=O) groups excluding carboxylic acids is 1. The first-order valence-corrected chi connectivity index (χ1v) is 10.4. The predicted octanol–water partition coefficient (Wildman–Crippen LogP) is 3.84. The lowest BCUT2D eigenvalue weighted by Gasteiger charge is -2.25. The molecule has 164 valence electrons. The predicted molar refractivity (Wildman–Crippen MR) is 119 cm³/mol. The standard InChI is InChI=1S/C24H34N2O4/c1-5-6-16-29-21-10-12-22(13-11-21)30-19-24(27)26(15-14-25(2)3)18-20-8-7-9-23(17-20)28-4/h7-13,17H,5-6,14-16,18-19H2,1-4H3. The molecule has 0 radical (unpaired) electrons. The molecule has 0 fully saturated rings. The molecule has 0 aromatic heterocycles. The molecule has 0 unspecified atom stereocenters. The van der Waals surface area contributed by atoms with E-state index in [-0.39, 0.29) is 12.5 Å². The Labute approximate surface area is 180 Å². The number of unbranched alkanes of at least 4 members (excludes halogenated alkanes) is 1. The van der Waals surface area contributed by atoms with Crippen molar-refractivity contribution >= 4 is 5.91 Å². The highest BCUT2D eigenvalue weighted by atomic mass is 16.5. The fraction of sp³-hybridized carbons (Fsp3) is 0.458. The van der Waals surface area contributed by atoms with Gasteiger partial charge < -0.3 is 24.0 Å². The average Bonchev–Trinajstić information content (AvgIpc) is 2.76. The van der Waals surface area contributed by atoms with Crippen LogP contribution in [0.1, 0.15) is 25.3 Å². The van der Waals surface area contributed by atoms with E-state index in [1.165, 1.54) is 0 Å². The van der Waals surface area contributed by atoms with E-state index in [0.717, 1.165) is 36.4 Å². The fourth-order valence-electron chi connectivity index (χ4n) is 2.81. The second-order valence-electron chi connectivity index (χ2n) is 7.43. The number of rotatable bonds is 13. The zero-order valence-electron chi connectivity index (χ0n) is 18.6. The second-order valence-corrected chi connectivity index (χ2v) is 7.43. The van der Waals surface area contributed by atoms with Crippen LogP contribution in [0, 0.1) is 0 Å². The van der Waals surface area contributed by atoms with Crippen molar-refractivity contribution in [2.24, 2.45) is 0 Å². The summed E-state index contributed by atoms with van der Waals surface area (Å²) in [6.45, 7) is 4.74. The molecular weight excluding hydrogens is 380 g/mol. The first-order chi connectivity index (χ1) is 14.5. The summed E-state index contributed by atoms with van der Waals surface area (Å²) in [7, 11) is 5.63. The van der Waals surface area contributed by atoms with Crippen LogP contribution >= 0.6 is 0 Å². The van der Waals surface area contributed by atoms with Gasteiger partial charge in [0.1, 0.15) is 17.2 Å². The number of hydrogen-bond donors (Lipinski definition) is 0. The SMILES string of the molecule is CCCCOc1ccc(OCC(=O)N(CCN(C)C)Cc2cccc(OC)c2)cc1. The van der Waals surface area contributed by atoms with Gasteiger partial charge in [-0.25, -0.2) is 0 Å². The Kier molecular flexibility index (Phi) is 10.0. The smallest absolute Gasteiger partial charge is 0.260 e. The molecule has 0 saturated heterocycles. The van der Waals surface area contributed by atoms with E-state index < -0.39 is 0 Å². The third-order valence-electron chi connectivity index (χ3n) is 4.63. The number of methoxy groups -OCH3 is 1. The maximum absolute atomic E-state index is 12.9. The Hall–Kier alpha value is -2.73. The summed E-state index contributed by atoms with van der Waals surface area (Å²) in [5, 5.41) is 0. The summed E-state index contributed by atoms with van der Waals surface area (Å²) in [4.78, 5) is 16.7. The number of nitrogens with zero attached hydrogens (tertiary/aromatic N) is 2. The first-order valence-electron chi connectivity index (χ1n) is 10.4. The normalized spacial score (nSPS) is 10.7. The Morgan fingerprint density at radius 2 is 1.63 bits per heavy atom. The van der Waals surface area contributed by atoms with Crippen LogP contribution in [0.2, 0.25) is 0 Å². The average molecular weight is 415 g/mol. The molecule has 2 aromatic rings. The number of ether oxygens (including phenoxy) is 3. The lowest BCUT2D eigenvalue weighted by Crippen LogP contribution is -2.39. The van der Waals surface area contributed by atoms with Gasteiger partial charge >= 0.3 is 0 Å². The molecule has 0 aliphatic heterocycles. The van der Waals surface area contributed by atoms with Crippen molar-refractivity contribution in [1.29, 1.82) is 0 Å². The van der Waals surface area contributed by atoms with Crippen molar-refractivity contribution in [1.82, 2.24) is 9.80 Å². The Morgan fingerprint density at radius 3 is 2.27 bits per heavy atom. The highest BCUT2D eigenvalue weighted by Crippen LogP contribution is 2.18. The van der Waals surface area contributed by atoms with E-state index in [1.54, 1.807) is 7.11 Å². The maximum atomic E-state index is 12.9. The maximum Gasteiger partial charge on any atom is 0.260 e. The van der Waals surface area contributed by atoms with Crippen LogP contribution in [-0.4, -0.2) is 63.2 Å². The summed E-state index contributed by atoms with van der Waals surface area (Å²) in [5.74, 6) is 2.20. The van der Waals surface area contributed by atoms with Gasteiger partial charge in [0.2, 0.25) is 0 Å². The molecule has 0 saturated carbocycles. The Balaban J connectivity index is 1.94. The van der Waals surface area contributed by atoms with Crippen LogP contribution in [0.15, 0.2) is 48.5 Å². The van der Waals surface area contributed by atoms with Gasteiger partial charge in [0, 0.05) is 19.6 Å². The van der Waals surface area contributed by atoms with Crippen LogP contribution in [0.4, 0.5) is 0 Å². The minimum absolute atomic E-state index is 0.00651. The Morgan fingerprint density at radius 1 is 0.933 bits per heavy atom. The molecule has 0 atom stereocenters. The van der Waals surface area contributed by atoms with Gasteiger partial charge in [-0.05, 0) is 62.5 Å². The van der Waals surface area contributed by atoms with Crippen molar-refractivity contribution in [3.05, 3.63) is 54.1 Å². The zero-order chi connectivity index (χ0) is 21.8. The molecule has 0 N–H and O–H groups in total. The molecule has 1 amide bonds. The molecular formula is C24H34N2O4. The van der Waals surface area contributed by atoms with Gasteiger partial charge in [-0.3, -0.25) is 4.79 Å². The van der Waals surface area contributed by atoms with Gasteiger partial charge in [0.25, 0.3) is 5.91 Å². The van der Waals surface area contributed by atoms with Crippen molar-refractivity contribution < 1.29 is 19.0 Å². The van der Waals surface area contributed by atoms with Crippen molar-refractivity contribution in [3.63, 3.8) is 0 Å². The van der Waals surface area contributed by atoms with Crippen molar-refractivity contribution in [3.8, 4) is 17.2 Å². The Bertz CT molecular complexity index is 762. The lowest BCUT2D eigenvalue weighted by molar-refractivity contribution is -0.134. The summed E-state index contributed by atoms with van der Waals surface area (Å²) < 4.78 is 16.7. The number of carbonyl (C=O) groups is 1. The molecule has 0 heterocycles. The van der Waals surface area contributed by atoms with E-state index in [0.29, 0.717) is 25.4 Å². The molecule has 2 aromatic carbocycles. The van der Waals surface area contributed by atoms with E-state index in [9.17, 15) is 4.79 Å². The van der Waals surface area contributed by atoms with Gasteiger partial charge in [-0.2, -0.15) is 0 Å². The fourth-order valence-corrected chi connectivity index (χ4v) is 2.81. The first kappa shape index (κ1) is 23.5. The molecule has 0 bridgehead atoms. The van der Waals surface area contributed by atoms with Gasteiger partial charge in [0.05, 0.1) is 13.7 Å². The number of hydrogen-bond acceptors (Lipinski definition) is 5. The van der Waals surface area contributed by atoms with Gasteiger partial charge in [-0.15, -0.1) is 0 Å². The number of benzene rings is 2. The third kappa shape index (κ3) is 8.33. The highest BCUT2D eigenvalue weighted by molar-refractivity contribution is 5.77. The zero-order valence-corrected chi connectivity index (χ0v) is 18.6. The molecule has 6 nitrogen and oxygen atoms in total. The topological polar surface area (TPSA) is 51.2 Å². The molecule has 2 rings (SSSR count). The monoisotopic (exact) mass is 414 g/mol. The molecule has 0 aliphatic carbocycles. The molecule has 6 heteroatoms. The van der Waals surface area contributed by atoms with Crippen molar-refractivity contribution in [2.45, 2.75) is 26.3 Å². The van der Waals surface area contributed by atoms with E-state index >= 15 is 0 Å². The van der Waals surface area contributed by atoms with Crippen LogP contribution in [0.5, 0.6) is 17.2 Å². The molecule has 30 heavy (non-hydrogen) atoms. The van der Waals surface area contributed by atoms with Gasteiger partial charge in [0.15, 0.2) is 6.61 Å². The van der Waals surface area contributed by atoms with Crippen molar-refractivity contribution in [2.75, 3.05) is 47.5 Å². The largest absolute Gasteiger partial charge is 0.497 e. The van der Waals surface area contributed by atoms with E-state index in [2.05, 4.69) is 11.8 Å². The lowest BCUT2D eigenvalue weighted by atomic mass is 10.2. The van der Waals surface area contributed by atoms with Crippen LogP contribution in [-0.2, 0) is 11.3 Å². The van der Waals surface area contributed by atoms with E-state index in [4.69, 9.17) is 14.2 Å². The number of likely N-dealkylation sites (N-methyl/N-ethyl adjacent to an activating group) is 1. The number of amides is 1. The van der Waals surface area contributed by atoms with Crippen LogP contribution < -0.4 is 14.2 Å². The molecule has 0 aliphatic rings. The summed E-state index contributed by atoms with van der Waals surface area (Å²) >= 11 is 0. The summed E-state index contributed by atoms with van der Waals surface area (Å²) in [5.41, 5.74) is 1.02. The minimum atomic E-state index is -0.0528. The second kappa shape index (κ2) is 12.8. The summed E-state index contributed by atoms with van der Waals surface area (Å²) in [6, 6.07) is 15.2. The van der Waals surface area contributed by atoms with Gasteiger partial charge in [-0.1, -0.05) is 25.5 Å². The minimum Gasteiger partial charge on any atom is -0.497 e. The quantitative estimate of drug-likeness (QED) is 0.466. The highest BCUT2D eigenvalue weighted by Gasteiger charge is 2.15. The van der Waals surface area contributed by atoms with E-state index in [1.807, 2.05) is 67.5 Å².